The van der Waals surface area contributed by atoms with Crippen molar-refractivity contribution < 1.29 is 8.78 Å². The minimum atomic E-state index is -0.813. The van der Waals surface area contributed by atoms with Gasteiger partial charge in [-0.15, -0.1) is 0 Å². The molecule has 15 heavy (non-hydrogen) atoms. The predicted molar refractivity (Wildman–Crippen MR) is 55.6 cm³/mol. The Kier molecular flexibility index (Phi) is 2.44. The Morgan fingerprint density at radius 2 is 2.07 bits per heavy atom. The monoisotopic (exact) mass is 210 g/mol. The third-order valence-electron chi connectivity index (χ3n) is 2.53. The summed E-state index contributed by atoms with van der Waals surface area (Å²) in [5, 5.41) is 0.320. The third-order valence-corrected chi connectivity index (χ3v) is 2.53. The lowest BCUT2D eigenvalue weighted by Gasteiger charge is -2.05. The Bertz CT molecular complexity index is 503. The number of nitrogens with two attached hydrogens (primary N) is 1. The number of benzene rings is 1. The minimum Gasteiger partial charge on any atom is -0.344 e. The van der Waals surface area contributed by atoms with E-state index in [1.54, 1.807) is 12.1 Å². The van der Waals surface area contributed by atoms with Gasteiger partial charge < -0.3 is 10.3 Å². The third kappa shape index (κ3) is 1.51. The van der Waals surface area contributed by atoms with Crippen LogP contribution >= 0.6 is 0 Å². The van der Waals surface area contributed by atoms with Crippen LogP contribution < -0.4 is 5.73 Å². The van der Waals surface area contributed by atoms with Gasteiger partial charge >= 0.3 is 0 Å². The van der Waals surface area contributed by atoms with Crippen molar-refractivity contribution in [2.24, 2.45) is 5.73 Å². The zero-order chi connectivity index (χ0) is 11.0. The van der Waals surface area contributed by atoms with Crippen LogP contribution in [0.4, 0.5) is 8.78 Å². The molecular formula is C11H12F2N2. The van der Waals surface area contributed by atoms with E-state index in [1.165, 1.54) is 0 Å². The smallest absolute Gasteiger partial charge is 0.168 e. The first kappa shape index (κ1) is 10.1. The number of nitrogens with zero attached hydrogens (tertiary/aromatic N) is 1. The van der Waals surface area contributed by atoms with Gasteiger partial charge in [0.25, 0.3) is 0 Å². The molecule has 2 aromatic rings. The molecule has 0 fully saturated rings. The summed E-state index contributed by atoms with van der Waals surface area (Å²) in [6.07, 6.45) is 0. The highest BCUT2D eigenvalue weighted by Gasteiger charge is 2.12. The van der Waals surface area contributed by atoms with E-state index >= 15 is 0 Å². The molecule has 0 atom stereocenters. The summed E-state index contributed by atoms with van der Waals surface area (Å²) in [6, 6.07) is 4.37. The van der Waals surface area contributed by atoms with Crippen molar-refractivity contribution in [1.82, 2.24) is 4.57 Å². The van der Waals surface area contributed by atoms with Crippen molar-refractivity contribution in [2.75, 3.05) is 6.54 Å². The van der Waals surface area contributed by atoms with Crippen LogP contribution in [0.15, 0.2) is 18.2 Å². The number of rotatable bonds is 2. The highest BCUT2D eigenvalue weighted by atomic mass is 19.2. The fourth-order valence-corrected chi connectivity index (χ4v) is 1.83. The maximum Gasteiger partial charge on any atom is 0.168 e. The molecule has 1 aromatic heterocycles. The van der Waals surface area contributed by atoms with Gasteiger partial charge in [0.05, 0.1) is 5.52 Å². The minimum absolute atomic E-state index is 0.320. The molecule has 0 saturated heterocycles. The van der Waals surface area contributed by atoms with E-state index in [2.05, 4.69) is 0 Å². The quantitative estimate of drug-likeness (QED) is 0.809. The zero-order valence-corrected chi connectivity index (χ0v) is 8.43. The van der Waals surface area contributed by atoms with E-state index in [9.17, 15) is 8.78 Å². The van der Waals surface area contributed by atoms with Gasteiger partial charge in [-0.25, -0.2) is 8.78 Å². The van der Waals surface area contributed by atoms with Gasteiger partial charge in [-0.05, 0) is 25.1 Å². The molecule has 0 saturated carbocycles. The Labute approximate surface area is 86.3 Å². The largest absolute Gasteiger partial charge is 0.344 e. The second-order valence-corrected chi connectivity index (χ2v) is 3.52. The first-order valence-corrected chi connectivity index (χ1v) is 4.79. The number of fused-ring (bicyclic) bond motifs is 1. The van der Waals surface area contributed by atoms with Gasteiger partial charge in [-0.3, -0.25) is 0 Å². The van der Waals surface area contributed by atoms with Crippen LogP contribution in [0, 0.1) is 18.6 Å². The second kappa shape index (κ2) is 3.62. The molecule has 2 rings (SSSR count). The van der Waals surface area contributed by atoms with E-state index in [0.717, 1.165) is 11.8 Å². The molecule has 0 bridgehead atoms. The van der Waals surface area contributed by atoms with Crippen LogP contribution in [0.2, 0.25) is 0 Å². The van der Waals surface area contributed by atoms with Crippen LogP contribution in [0.5, 0.6) is 0 Å². The molecule has 0 amide bonds. The van der Waals surface area contributed by atoms with E-state index in [0.29, 0.717) is 24.0 Å². The van der Waals surface area contributed by atoms with Crippen molar-refractivity contribution in [1.29, 1.82) is 0 Å². The predicted octanol–water partition coefficient (Wildman–Crippen LogP) is 2.19. The van der Waals surface area contributed by atoms with Crippen LogP contribution in [0.25, 0.3) is 10.9 Å². The summed E-state index contributed by atoms with van der Waals surface area (Å²) < 4.78 is 28.3. The van der Waals surface area contributed by atoms with E-state index in [-0.39, 0.29) is 0 Å². The van der Waals surface area contributed by atoms with Crippen molar-refractivity contribution in [3.63, 3.8) is 0 Å². The Balaban J connectivity index is 2.73. The van der Waals surface area contributed by atoms with Crippen LogP contribution in [-0.2, 0) is 6.54 Å². The molecule has 0 spiro atoms. The lowest BCUT2D eigenvalue weighted by molar-refractivity contribution is 0.517. The number of aryl methyl sites for hydroxylation is 1. The fraction of sp³-hybridized carbons (Fsp3) is 0.273. The highest BCUT2D eigenvalue weighted by Crippen LogP contribution is 2.23. The van der Waals surface area contributed by atoms with Crippen molar-refractivity contribution in [2.45, 2.75) is 13.5 Å². The molecule has 0 aliphatic rings. The lowest BCUT2D eigenvalue weighted by Crippen LogP contribution is -2.10. The Morgan fingerprint density at radius 1 is 1.33 bits per heavy atom. The average Bonchev–Trinajstić information content (AvgIpc) is 2.52. The second-order valence-electron chi connectivity index (χ2n) is 3.52. The molecule has 2 N–H and O–H groups in total. The number of hydrogen-bond acceptors (Lipinski definition) is 1. The molecule has 0 radical (unpaired) electrons. The van der Waals surface area contributed by atoms with E-state index < -0.39 is 11.6 Å². The Morgan fingerprint density at radius 3 is 2.73 bits per heavy atom. The standard InChI is InChI=1S/C11H12F2N2/c1-7-6-8-10(15(7)5-4-14)3-2-9(12)11(8)13/h2-3,6H,4-5,14H2,1H3. The fourth-order valence-electron chi connectivity index (χ4n) is 1.83. The van der Waals surface area contributed by atoms with Crippen molar-refractivity contribution in [3.8, 4) is 0 Å². The summed E-state index contributed by atoms with van der Waals surface area (Å²) in [5.41, 5.74) is 7.04. The Hall–Kier alpha value is -1.42. The zero-order valence-electron chi connectivity index (χ0n) is 8.43. The van der Waals surface area contributed by atoms with Crippen molar-refractivity contribution >= 4 is 10.9 Å². The maximum atomic E-state index is 13.4. The maximum absolute atomic E-state index is 13.4. The number of hydrogen-bond donors (Lipinski definition) is 1. The molecule has 1 heterocycles. The normalized spacial score (nSPS) is 11.2. The summed E-state index contributed by atoms with van der Waals surface area (Å²) >= 11 is 0. The molecule has 2 nitrogen and oxygen atoms in total. The highest BCUT2D eigenvalue weighted by molar-refractivity contribution is 5.82. The SMILES string of the molecule is Cc1cc2c(F)c(F)ccc2n1CCN. The van der Waals surface area contributed by atoms with E-state index in [1.807, 2.05) is 11.5 Å². The first-order valence-electron chi connectivity index (χ1n) is 4.79. The van der Waals surface area contributed by atoms with Gasteiger partial charge in [0, 0.05) is 24.2 Å². The summed E-state index contributed by atoms with van der Waals surface area (Å²) in [5.74, 6) is -1.60. The van der Waals surface area contributed by atoms with Crippen LogP contribution in [0.1, 0.15) is 5.69 Å². The van der Waals surface area contributed by atoms with Gasteiger partial charge in [0.1, 0.15) is 0 Å². The molecular weight excluding hydrogens is 198 g/mol. The molecule has 1 aromatic carbocycles. The molecule has 0 aliphatic carbocycles. The van der Waals surface area contributed by atoms with Gasteiger partial charge in [-0.1, -0.05) is 0 Å². The van der Waals surface area contributed by atoms with Crippen molar-refractivity contribution in [3.05, 3.63) is 35.5 Å². The number of halogens is 2. The summed E-state index contributed by atoms with van der Waals surface area (Å²) in [6.45, 7) is 2.94. The molecule has 0 unspecified atom stereocenters. The van der Waals surface area contributed by atoms with Gasteiger partial charge in [-0.2, -0.15) is 0 Å². The van der Waals surface area contributed by atoms with Gasteiger partial charge in [0.15, 0.2) is 11.6 Å². The average molecular weight is 210 g/mol. The summed E-state index contributed by atoms with van der Waals surface area (Å²) in [7, 11) is 0. The molecule has 0 aliphatic heterocycles. The van der Waals surface area contributed by atoms with Crippen LogP contribution in [0.3, 0.4) is 0 Å². The van der Waals surface area contributed by atoms with Gasteiger partial charge in [0.2, 0.25) is 0 Å². The summed E-state index contributed by atoms with van der Waals surface area (Å²) in [4.78, 5) is 0. The molecule has 80 valence electrons. The van der Waals surface area contributed by atoms with E-state index in [4.69, 9.17) is 5.73 Å². The first-order chi connectivity index (χ1) is 7.15. The molecule has 4 heteroatoms. The lowest BCUT2D eigenvalue weighted by atomic mass is 10.2. The topological polar surface area (TPSA) is 30.9 Å². The number of aromatic nitrogens is 1. The van der Waals surface area contributed by atoms with Crippen LogP contribution in [-0.4, -0.2) is 11.1 Å².